The minimum absolute atomic E-state index is 0.343. The van der Waals surface area contributed by atoms with E-state index in [1.807, 2.05) is 12.1 Å². The molecule has 2 heteroatoms. The van der Waals surface area contributed by atoms with E-state index in [1.54, 1.807) is 6.20 Å². The van der Waals surface area contributed by atoms with Crippen LogP contribution in [0.2, 0.25) is 0 Å². The molecule has 0 aromatic carbocycles. The molecule has 0 saturated heterocycles. The van der Waals surface area contributed by atoms with Crippen molar-refractivity contribution < 1.29 is 0 Å². The molecule has 1 aromatic heterocycles. The van der Waals surface area contributed by atoms with Crippen molar-refractivity contribution in [2.45, 2.75) is 25.2 Å². The summed E-state index contributed by atoms with van der Waals surface area (Å²) >= 11 is 0. The fourth-order valence-electron chi connectivity index (χ4n) is 1.22. The van der Waals surface area contributed by atoms with Crippen LogP contribution < -0.4 is 5.73 Å². The van der Waals surface area contributed by atoms with Crippen molar-refractivity contribution in [3.05, 3.63) is 24.0 Å². The van der Waals surface area contributed by atoms with Crippen LogP contribution in [0.3, 0.4) is 0 Å². The van der Waals surface area contributed by atoms with E-state index in [-0.39, 0.29) is 0 Å². The van der Waals surface area contributed by atoms with Gasteiger partial charge in [-0.1, -0.05) is 6.92 Å². The summed E-state index contributed by atoms with van der Waals surface area (Å²) in [5.41, 5.74) is 7.96. The Morgan fingerprint density at radius 3 is 2.82 bits per heavy atom. The summed E-state index contributed by atoms with van der Waals surface area (Å²) in [6.45, 7) is 2.23. The summed E-state index contributed by atoms with van der Waals surface area (Å²) in [5, 5.41) is 0. The summed E-state index contributed by atoms with van der Waals surface area (Å²) in [6, 6.07) is 3.81. The summed E-state index contributed by atoms with van der Waals surface area (Å²) in [4.78, 5) is 4.29. The Morgan fingerprint density at radius 2 is 2.27 bits per heavy atom. The topological polar surface area (TPSA) is 38.9 Å². The lowest BCUT2D eigenvalue weighted by Crippen LogP contribution is -2.03. The first kappa shape index (κ1) is 6.65. The molecule has 0 bridgehead atoms. The van der Waals surface area contributed by atoms with E-state index in [2.05, 4.69) is 11.9 Å². The molecule has 11 heavy (non-hydrogen) atoms. The highest BCUT2D eigenvalue weighted by Gasteiger charge is 2.40. The van der Waals surface area contributed by atoms with Gasteiger partial charge in [-0.05, 0) is 25.0 Å². The van der Waals surface area contributed by atoms with Crippen LogP contribution in [0.5, 0.6) is 0 Å². The molecule has 2 rings (SSSR count). The lowest BCUT2D eigenvalue weighted by Gasteiger charge is -2.06. The molecule has 0 spiro atoms. The molecule has 0 radical (unpaired) electrons. The van der Waals surface area contributed by atoms with E-state index in [0.29, 0.717) is 5.41 Å². The summed E-state index contributed by atoms with van der Waals surface area (Å²) in [5.74, 6) is 0. The van der Waals surface area contributed by atoms with Crippen LogP contribution >= 0.6 is 0 Å². The molecule has 0 amide bonds. The zero-order valence-electron chi connectivity index (χ0n) is 6.67. The third kappa shape index (κ3) is 1.09. The third-order valence-corrected chi connectivity index (χ3v) is 2.40. The van der Waals surface area contributed by atoms with Gasteiger partial charge in [0, 0.05) is 23.0 Å². The van der Waals surface area contributed by atoms with Crippen molar-refractivity contribution in [1.29, 1.82) is 0 Å². The second-order valence-electron chi connectivity index (χ2n) is 3.54. The molecule has 2 nitrogen and oxygen atoms in total. The Kier molecular flexibility index (Phi) is 1.19. The van der Waals surface area contributed by atoms with Crippen LogP contribution in [0, 0.1) is 0 Å². The Hall–Kier alpha value is -1.05. The predicted molar refractivity (Wildman–Crippen MR) is 45.2 cm³/mol. The number of anilines is 1. The fourth-order valence-corrected chi connectivity index (χ4v) is 1.22. The van der Waals surface area contributed by atoms with Crippen molar-refractivity contribution in [3.63, 3.8) is 0 Å². The van der Waals surface area contributed by atoms with Crippen molar-refractivity contribution >= 4 is 5.69 Å². The predicted octanol–water partition coefficient (Wildman–Crippen LogP) is 1.72. The average molecular weight is 148 g/mol. The van der Waals surface area contributed by atoms with Crippen LogP contribution in [-0.2, 0) is 5.41 Å². The van der Waals surface area contributed by atoms with Crippen molar-refractivity contribution in [3.8, 4) is 0 Å². The fraction of sp³-hybridized carbons (Fsp3) is 0.444. The van der Waals surface area contributed by atoms with Gasteiger partial charge >= 0.3 is 0 Å². The van der Waals surface area contributed by atoms with Crippen LogP contribution in [0.25, 0.3) is 0 Å². The summed E-state index contributed by atoms with van der Waals surface area (Å²) < 4.78 is 0. The number of nitrogen functional groups attached to an aromatic ring is 1. The number of hydrogen-bond acceptors (Lipinski definition) is 2. The van der Waals surface area contributed by atoms with E-state index >= 15 is 0 Å². The maximum atomic E-state index is 5.64. The molecule has 0 aliphatic heterocycles. The molecule has 1 aromatic rings. The number of nitrogens with zero attached hydrogens (tertiary/aromatic N) is 1. The largest absolute Gasteiger partial charge is 0.399 e. The SMILES string of the molecule is CC1(c2cc(N)ccn2)CC1. The molecule has 2 N–H and O–H groups in total. The van der Waals surface area contributed by atoms with E-state index in [1.165, 1.54) is 12.8 Å². The number of aromatic nitrogens is 1. The monoisotopic (exact) mass is 148 g/mol. The Bertz CT molecular complexity index is 277. The molecule has 1 fully saturated rings. The Labute approximate surface area is 66.4 Å². The molecule has 1 aliphatic carbocycles. The highest BCUT2D eigenvalue weighted by molar-refractivity contribution is 5.40. The van der Waals surface area contributed by atoms with Gasteiger partial charge in [0.1, 0.15) is 0 Å². The van der Waals surface area contributed by atoms with E-state index in [0.717, 1.165) is 11.4 Å². The minimum Gasteiger partial charge on any atom is -0.399 e. The molecular formula is C9H12N2. The molecule has 1 aliphatic rings. The lowest BCUT2D eigenvalue weighted by molar-refractivity contribution is 0.751. The third-order valence-electron chi connectivity index (χ3n) is 2.40. The van der Waals surface area contributed by atoms with Crippen LogP contribution in [0.15, 0.2) is 18.3 Å². The first-order valence-corrected chi connectivity index (χ1v) is 3.93. The number of pyridine rings is 1. The van der Waals surface area contributed by atoms with Crippen LogP contribution in [0.1, 0.15) is 25.5 Å². The maximum Gasteiger partial charge on any atom is 0.0483 e. The van der Waals surface area contributed by atoms with Gasteiger partial charge in [0.2, 0.25) is 0 Å². The molecule has 1 saturated carbocycles. The van der Waals surface area contributed by atoms with Gasteiger partial charge in [0.05, 0.1) is 0 Å². The highest BCUT2D eigenvalue weighted by Crippen LogP contribution is 2.46. The standard InChI is InChI=1S/C9H12N2/c1-9(3-4-9)8-6-7(10)2-5-11-8/h2,5-6H,3-4H2,1H3,(H2,10,11). The Balaban J connectivity index is 2.38. The smallest absolute Gasteiger partial charge is 0.0483 e. The molecule has 0 atom stereocenters. The zero-order chi connectivity index (χ0) is 7.90. The lowest BCUT2D eigenvalue weighted by atomic mass is 10.0. The molecule has 1 heterocycles. The quantitative estimate of drug-likeness (QED) is 0.658. The maximum absolute atomic E-state index is 5.64. The first-order chi connectivity index (χ1) is 5.21. The molecular weight excluding hydrogens is 136 g/mol. The van der Waals surface area contributed by atoms with Crippen molar-refractivity contribution in [2.75, 3.05) is 5.73 Å². The number of rotatable bonds is 1. The van der Waals surface area contributed by atoms with Crippen molar-refractivity contribution in [1.82, 2.24) is 4.98 Å². The van der Waals surface area contributed by atoms with Crippen LogP contribution in [-0.4, -0.2) is 4.98 Å². The second kappa shape index (κ2) is 1.97. The minimum atomic E-state index is 0.343. The van der Waals surface area contributed by atoms with Crippen LogP contribution in [0.4, 0.5) is 5.69 Å². The van der Waals surface area contributed by atoms with Crippen molar-refractivity contribution in [2.24, 2.45) is 0 Å². The normalized spacial score (nSPS) is 19.7. The van der Waals surface area contributed by atoms with Gasteiger partial charge in [-0.15, -0.1) is 0 Å². The zero-order valence-corrected chi connectivity index (χ0v) is 6.67. The second-order valence-corrected chi connectivity index (χ2v) is 3.54. The van der Waals surface area contributed by atoms with Gasteiger partial charge in [-0.3, -0.25) is 4.98 Å². The van der Waals surface area contributed by atoms with Gasteiger partial charge in [0.25, 0.3) is 0 Å². The summed E-state index contributed by atoms with van der Waals surface area (Å²) in [6.07, 6.45) is 4.29. The summed E-state index contributed by atoms with van der Waals surface area (Å²) in [7, 11) is 0. The van der Waals surface area contributed by atoms with Gasteiger partial charge < -0.3 is 5.73 Å². The van der Waals surface area contributed by atoms with E-state index < -0.39 is 0 Å². The number of nitrogens with two attached hydrogens (primary N) is 1. The molecule has 0 unspecified atom stereocenters. The number of hydrogen-bond donors (Lipinski definition) is 1. The average Bonchev–Trinajstić information content (AvgIpc) is 2.70. The Morgan fingerprint density at radius 1 is 1.55 bits per heavy atom. The van der Waals surface area contributed by atoms with E-state index in [9.17, 15) is 0 Å². The van der Waals surface area contributed by atoms with Gasteiger partial charge in [-0.25, -0.2) is 0 Å². The highest BCUT2D eigenvalue weighted by atomic mass is 14.7. The van der Waals surface area contributed by atoms with E-state index in [4.69, 9.17) is 5.73 Å². The van der Waals surface area contributed by atoms with Gasteiger partial charge in [0.15, 0.2) is 0 Å². The first-order valence-electron chi connectivity index (χ1n) is 3.93. The van der Waals surface area contributed by atoms with Gasteiger partial charge in [-0.2, -0.15) is 0 Å². The molecule has 58 valence electrons.